The van der Waals surface area contributed by atoms with Gasteiger partial charge in [-0.15, -0.1) is 0 Å². The van der Waals surface area contributed by atoms with E-state index in [-0.39, 0.29) is 12.1 Å². The number of nitrogens with zero attached hydrogens (tertiary/aromatic N) is 2. The van der Waals surface area contributed by atoms with E-state index in [1.165, 1.54) is 6.26 Å². The van der Waals surface area contributed by atoms with Gasteiger partial charge in [0.2, 0.25) is 0 Å². The molecule has 0 spiro atoms. The van der Waals surface area contributed by atoms with Crippen LogP contribution in [0, 0.1) is 0 Å². The lowest BCUT2D eigenvalue weighted by atomic mass is 10.1. The molecule has 0 amide bonds. The summed E-state index contributed by atoms with van der Waals surface area (Å²) in [6.45, 7) is 4.06. The molecule has 0 saturated carbocycles. The Bertz CT molecular complexity index is 550. The third kappa shape index (κ3) is 2.47. The zero-order chi connectivity index (χ0) is 14.0. The first-order chi connectivity index (χ1) is 9.10. The van der Waals surface area contributed by atoms with Crippen molar-refractivity contribution in [1.29, 1.82) is 0 Å². The number of nitrogens with one attached hydrogen (secondary N) is 1. The van der Waals surface area contributed by atoms with Crippen LogP contribution in [0.4, 0.5) is 0 Å². The summed E-state index contributed by atoms with van der Waals surface area (Å²) in [7, 11) is 1.59. The third-order valence-electron chi connectivity index (χ3n) is 2.90. The van der Waals surface area contributed by atoms with Crippen molar-refractivity contribution < 1.29 is 9.15 Å². The van der Waals surface area contributed by atoms with Gasteiger partial charge in [-0.1, -0.05) is 0 Å². The molecule has 0 bridgehead atoms. The SMILES string of the molecule is COc1cnn(C(C)C)c1C(NN)c1ccoc1Cl. The molecule has 0 aliphatic carbocycles. The molecule has 0 fully saturated rings. The summed E-state index contributed by atoms with van der Waals surface area (Å²) in [6, 6.07) is 1.58. The van der Waals surface area contributed by atoms with Gasteiger partial charge >= 0.3 is 0 Å². The van der Waals surface area contributed by atoms with E-state index >= 15 is 0 Å². The Morgan fingerprint density at radius 2 is 2.26 bits per heavy atom. The van der Waals surface area contributed by atoms with E-state index < -0.39 is 0 Å². The van der Waals surface area contributed by atoms with Crippen LogP contribution in [0.1, 0.15) is 37.2 Å². The fourth-order valence-corrected chi connectivity index (χ4v) is 2.25. The van der Waals surface area contributed by atoms with Crippen LogP contribution >= 0.6 is 11.6 Å². The molecule has 1 unspecified atom stereocenters. The molecular formula is C12H17ClN4O2. The lowest BCUT2D eigenvalue weighted by molar-refractivity contribution is 0.393. The number of hydrogen-bond acceptors (Lipinski definition) is 5. The summed E-state index contributed by atoms with van der Waals surface area (Å²) in [6.07, 6.45) is 3.18. The Hall–Kier alpha value is -1.50. The highest BCUT2D eigenvalue weighted by atomic mass is 35.5. The number of rotatable bonds is 5. The normalized spacial score (nSPS) is 12.9. The van der Waals surface area contributed by atoms with Crippen molar-refractivity contribution in [3.05, 3.63) is 35.0 Å². The van der Waals surface area contributed by atoms with Gasteiger partial charge in [-0.25, -0.2) is 5.43 Å². The van der Waals surface area contributed by atoms with Gasteiger partial charge in [0.05, 0.1) is 25.6 Å². The number of methoxy groups -OCH3 is 1. The number of aromatic nitrogens is 2. The molecule has 2 aromatic heterocycles. The van der Waals surface area contributed by atoms with Crippen molar-refractivity contribution in [1.82, 2.24) is 15.2 Å². The first-order valence-corrected chi connectivity index (χ1v) is 6.28. The molecule has 2 heterocycles. The van der Waals surface area contributed by atoms with Crippen LogP contribution in [-0.2, 0) is 0 Å². The molecule has 0 aliphatic heterocycles. The fraction of sp³-hybridized carbons (Fsp3) is 0.417. The number of halogens is 1. The molecule has 104 valence electrons. The number of furan rings is 1. The molecule has 3 N–H and O–H groups in total. The predicted molar refractivity (Wildman–Crippen MR) is 72.0 cm³/mol. The predicted octanol–water partition coefficient (Wildman–Crippen LogP) is 2.27. The van der Waals surface area contributed by atoms with E-state index in [0.717, 1.165) is 11.3 Å². The monoisotopic (exact) mass is 284 g/mol. The maximum absolute atomic E-state index is 6.02. The Kier molecular flexibility index (Phi) is 4.14. The summed E-state index contributed by atoms with van der Waals surface area (Å²) in [5, 5.41) is 4.61. The summed E-state index contributed by atoms with van der Waals surface area (Å²) in [4.78, 5) is 0. The highest BCUT2D eigenvalue weighted by molar-refractivity contribution is 6.29. The second-order valence-electron chi connectivity index (χ2n) is 4.39. The maximum atomic E-state index is 6.02. The lowest BCUT2D eigenvalue weighted by Crippen LogP contribution is -2.31. The molecule has 0 aliphatic rings. The molecule has 2 rings (SSSR count). The summed E-state index contributed by atoms with van der Waals surface area (Å²) in [5.41, 5.74) is 4.28. The van der Waals surface area contributed by atoms with E-state index in [1.54, 1.807) is 19.4 Å². The van der Waals surface area contributed by atoms with Crippen molar-refractivity contribution in [3.8, 4) is 5.75 Å². The van der Waals surface area contributed by atoms with E-state index in [2.05, 4.69) is 10.5 Å². The molecule has 0 radical (unpaired) electrons. The molecule has 19 heavy (non-hydrogen) atoms. The van der Waals surface area contributed by atoms with E-state index in [9.17, 15) is 0 Å². The van der Waals surface area contributed by atoms with E-state index in [1.807, 2.05) is 18.5 Å². The minimum atomic E-state index is -0.355. The maximum Gasteiger partial charge on any atom is 0.198 e. The van der Waals surface area contributed by atoms with Crippen molar-refractivity contribution in [3.63, 3.8) is 0 Å². The van der Waals surface area contributed by atoms with Gasteiger partial charge in [-0.2, -0.15) is 5.10 Å². The van der Waals surface area contributed by atoms with Gasteiger partial charge in [-0.05, 0) is 31.5 Å². The molecule has 7 heteroatoms. The van der Waals surface area contributed by atoms with Crippen LogP contribution in [0.2, 0.25) is 5.22 Å². The molecule has 2 aromatic rings. The zero-order valence-corrected chi connectivity index (χ0v) is 11.8. The second-order valence-corrected chi connectivity index (χ2v) is 4.73. The lowest BCUT2D eigenvalue weighted by Gasteiger charge is -2.20. The van der Waals surface area contributed by atoms with Crippen molar-refractivity contribution in [2.45, 2.75) is 25.9 Å². The Morgan fingerprint density at radius 3 is 2.74 bits per heavy atom. The first kappa shape index (κ1) is 13.9. The largest absolute Gasteiger partial charge is 0.493 e. The van der Waals surface area contributed by atoms with Gasteiger partial charge < -0.3 is 9.15 Å². The van der Waals surface area contributed by atoms with Crippen molar-refractivity contribution in [2.75, 3.05) is 7.11 Å². The van der Waals surface area contributed by atoms with E-state index in [0.29, 0.717) is 11.0 Å². The van der Waals surface area contributed by atoms with Gasteiger partial charge in [0.15, 0.2) is 11.0 Å². The average molecular weight is 285 g/mol. The minimum Gasteiger partial charge on any atom is -0.493 e. The summed E-state index contributed by atoms with van der Waals surface area (Å²) < 4.78 is 12.3. The van der Waals surface area contributed by atoms with E-state index in [4.69, 9.17) is 26.6 Å². The molecule has 0 aromatic carbocycles. The van der Waals surface area contributed by atoms with Crippen molar-refractivity contribution in [2.24, 2.45) is 5.84 Å². The van der Waals surface area contributed by atoms with Crippen molar-refractivity contribution >= 4 is 11.6 Å². The standard InChI is InChI=1S/C12H17ClN4O2/c1-7(2)17-11(9(18-3)6-15-17)10(16-14)8-4-5-19-12(8)13/h4-7,10,16H,14H2,1-3H3. The average Bonchev–Trinajstić information content (AvgIpc) is 2.98. The smallest absolute Gasteiger partial charge is 0.198 e. The topological polar surface area (TPSA) is 78.2 Å². The van der Waals surface area contributed by atoms with Gasteiger partial charge in [0.25, 0.3) is 0 Å². The highest BCUT2D eigenvalue weighted by Gasteiger charge is 2.26. The van der Waals surface area contributed by atoms with Crippen LogP contribution < -0.4 is 16.0 Å². The number of ether oxygens (including phenoxy) is 1. The third-order valence-corrected chi connectivity index (χ3v) is 3.21. The number of nitrogens with two attached hydrogens (primary N) is 1. The minimum absolute atomic E-state index is 0.167. The molecule has 6 nitrogen and oxygen atoms in total. The number of hydrazine groups is 1. The van der Waals surface area contributed by atoms with Crippen LogP contribution in [0.25, 0.3) is 0 Å². The van der Waals surface area contributed by atoms with Crippen LogP contribution in [0.15, 0.2) is 22.9 Å². The fourth-order valence-electron chi connectivity index (χ4n) is 2.03. The van der Waals surface area contributed by atoms with Gasteiger partial charge in [0, 0.05) is 11.6 Å². The summed E-state index contributed by atoms with van der Waals surface area (Å²) in [5.74, 6) is 6.32. The second kappa shape index (κ2) is 5.64. The summed E-state index contributed by atoms with van der Waals surface area (Å²) >= 11 is 6.02. The Labute approximate surface area is 116 Å². The zero-order valence-electron chi connectivity index (χ0n) is 11.1. The molecular weight excluding hydrogens is 268 g/mol. The highest BCUT2D eigenvalue weighted by Crippen LogP contribution is 2.34. The Morgan fingerprint density at radius 1 is 1.53 bits per heavy atom. The Balaban J connectivity index is 2.54. The first-order valence-electron chi connectivity index (χ1n) is 5.90. The van der Waals surface area contributed by atoms with Gasteiger partial charge in [-0.3, -0.25) is 10.5 Å². The quantitative estimate of drug-likeness (QED) is 0.650. The van der Waals surface area contributed by atoms with Crippen LogP contribution in [0.3, 0.4) is 0 Å². The van der Waals surface area contributed by atoms with Crippen LogP contribution in [-0.4, -0.2) is 16.9 Å². The van der Waals surface area contributed by atoms with Gasteiger partial charge in [0.1, 0.15) is 5.69 Å². The van der Waals surface area contributed by atoms with Crippen LogP contribution in [0.5, 0.6) is 5.75 Å². The number of hydrogen-bond donors (Lipinski definition) is 2. The molecule has 1 atom stereocenters. The molecule has 0 saturated heterocycles.